The Bertz CT molecular complexity index is 557. The Morgan fingerprint density at radius 3 is 2.57 bits per heavy atom. The molecule has 1 aromatic carbocycles. The number of nitro benzene ring substituents is 1. The molecule has 0 aliphatic rings. The first kappa shape index (κ1) is 16.4. The Hall–Kier alpha value is -2.64. The van der Waals surface area contributed by atoms with Gasteiger partial charge in [-0.25, -0.2) is 4.79 Å². The summed E-state index contributed by atoms with van der Waals surface area (Å²) in [5.41, 5.74) is -0.101. The quantitative estimate of drug-likeness (QED) is 0.465. The van der Waals surface area contributed by atoms with Gasteiger partial charge in [-0.2, -0.15) is 0 Å². The first-order valence-electron chi connectivity index (χ1n) is 6.25. The van der Waals surface area contributed by atoms with Gasteiger partial charge in [0, 0.05) is 17.8 Å². The van der Waals surface area contributed by atoms with Crippen LogP contribution in [0.15, 0.2) is 18.2 Å². The predicted octanol–water partition coefficient (Wildman–Crippen LogP) is 1.32. The lowest BCUT2D eigenvalue weighted by Gasteiger charge is -2.10. The molecule has 0 fully saturated rings. The number of carbonyl (C=O) groups excluding carboxylic acids is 2. The molecule has 0 heterocycles. The molecule has 0 spiro atoms. The molecule has 0 saturated heterocycles. The summed E-state index contributed by atoms with van der Waals surface area (Å²) >= 11 is 0. The van der Waals surface area contributed by atoms with E-state index in [4.69, 9.17) is 0 Å². The standard InChI is InChI=1S/C13H17N3O5/c1-8(2)15-12(17)7-14-9-4-5-11(16(19)20)10(6-9)13(18)21-3/h4-6,8,14H,7H2,1-3H3,(H,15,17). The lowest BCUT2D eigenvalue weighted by molar-refractivity contribution is -0.385. The van der Waals surface area contributed by atoms with Crippen molar-refractivity contribution in [2.24, 2.45) is 0 Å². The van der Waals surface area contributed by atoms with Crippen LogP contribution in [0, 0.1) is 10.1 Å². The van der Waals surface area contributed by atoms with E-state index >= 15 is 0 Å². The molecule has 0 aliphatic carbocycles. The molecule has 21 heavy (non-hydrogen) atoms. The summed E-state index contributed by atoms with van der Waals surface area (Å²) in [7, 11) is 1.14. The number of methoxy groups -OCH3 is 1. The lowest BCUT2D eigenvalue weighted by Crippen LogP contribution is -2.34. The van der Waals surface area contributed by atoms with Crippen molar-refractivity contribution >= 4 is 23.3 Å². The Kier molecular flexibility index (Phi) is 5.65. The lowest BCUT2D eigenvalue weighted by atomic mass is 10.1. The summed E-state index contributed by atoms with van der Waals surface area (Å²) in [6.45, 7) is 3.66. The number of anilines is 1. The number of nitrogens with one attached hydrogen (secondary N) is 2. The number of hydrogen-bond donors (Lipinski definition) is 2. The molecule has 0 unspecified atom stereocenters. The van der Waals surface area contributed by atoms with Gasteiger partial charge in [-0.1, -0.05) is 0 Å². The number of esters is 1. The average molecular weight is 295 g/mol. The van der Waals surface area contributed by atoms with Crippen LogP contribution < -0.4 is 10.6 Å². The second kappa shape index (κ2) is 7.22. The molecule has 114 valence electrons. The van der Waals surface area contributed by atoms with Crippen molar-refractivity contribution in [3.8, 4) is 0 Å². The minimum atomic E-state index is -0.808. The van der Waals surface area contributed by atoms with Crippen LogP contribution in [-0.2, 0) is 9.53 Å². The van der Waals surface area contributed by atoms with E-state index in [1.807, 2.05) is 13.8 Å². The summed E-state index contributed by atoms with van der Waals surface area (Å²) in [5, 5.41) is 16.3. The Balaban J connectivity index is 2.88. The Labute approximate surface area is 121 Å². The SMILES string of the molecule is COC(=O)c1cc(NCC(=O)NC(C)C)ccc1[N+](=O)[O-]. The molecule has 2 N–H and O–H groups in total. The van der Waals surface area contributed by atoms with Crippen molar-refractivity contribution in [2.45, 2.75) is 19.9 Å². The van der Waals surface area contributed by atoms with Gasteiger partial charge in [0.15, 0.2) is 0 Å². The van der Waals surface area contributed by atoms with E-state index in [2.05, 4.69) is 15.4 Å². The van der Waals surface area contributed by atoms with Gasteiger partial charge in [-0.3, -0.25) is 14.9 Å². The van der Waals surface area contributed by atoms with Crippen molar-refractivity contribution < 1.29 is 19.2 Å². The van der Waals surface area contributed by atoms with Crippen LogP contribution in [0.3, 0.4) is 0 Å². The van der Waals surface area contributed by atoms with Crippen LogP contribution in [0.4, 0.5) is 11.4 Å². The maximum atomic E-state index is 11.5. The van der Waals surface area contributed by atoms with Gasteiger partial charge in [0.25, 0.3) is 5.69 Å². The summed E-state index contributed by atoms with van der Waals surface area (Å²) < 4.78 is 4.51. The summed E-state index contributed by atoms with van der Waals surface area (Å²) in [6.07, 6.45) is 0. The van der Waals surface area contributed by atoms with Crippen molar-refractivity contribution in [1.29, 1.82) is 0 Å². The largest absolute Gasteiger partial charge is 0.465 e. The van der Waals surface area contributed by atoms with Gasteiger partial charge >= 0.3 is 5.97 Å². The highest BCUT2D eigenvalue weighted by Gasteiger charge is 2.21. The van der Waals surface area contributed by atoms with E-state index in [1.165, 1.54) is 18.2 Å². The first-order chi connectivity index (χ1) is 9.85. The van der Waals surface area contributed by atoms with E-state index in [-0.39, 0.29) is 29.7 Å². The molecule has 1 aromatic rings. The van der Waals surface area contributed by atoms with E-state index in [0.29, 0.717) is 5.69 Å². The van der Waals surface area contributed by atoms with E-state index in [1.54, 1.807) is 0 Å². The molecule has 0 aliphatic heterocycles. The van der Waals surface area contributed by atoms with Crippen molar-refractivity contribution in [3.05, 3.63) is 33.9 Å². The number of carbonyl (C=O) groups is 2. The van der Waals surface area contributed by atoms with Gasteiger partial charge in [0.05, 0.1) is 18.6 Å². The van der Waals surface area contributed by atoms with Crippen molar-refractivity contribution in [1.82, 2.24) is 5.32 Å². The van der Waals surface area contributed by atoms with Gasteiger partial charge < -0.3 is 15.4 Å². The maximum Gasteiger partial charge on any atom is 0.344 e. The summed E-state index contributed by atoms with van der Waals surface area (Å²) in [4.78, 5) is 33.2. The number of nitrogens with zero attached hydrogens (tertiary/aromatic N) is 1. The molecule has 1 amide bonds. The zero-order valence-corrected chi connectivity index (χ0v) is 12.0. The third-order valence-corrected chi connectivity index (χ3v) is 2.50. The second-order valence-electron chi connectivity index (χ2n) is 4.56. The highest BCUT2D eigenvalue weighted by Crippen LogP contribution is 2.23. The number of nitro groups is 1. The minimum absolute atomic E-state index is 0.00337. The third kappa shape index (κ3) is 4.75. The third-order valence-electron chi connectivity index (χ3n) is 2.50. The second-order valence-corrected chi connectivity index (χ2v) is 4.56. The number of rotatable bonds is 6. The normalized spacial score (nSPS) is 10.1. The average Bonchev–Trinajstić information content (AvgIpc) is 2.43. The molecule has 0 bridgehead atoms. The van der Waals surface area contributed by atoms with E-state index in [9.17, 15) is 19.7 Å². The van der Waals surface area contributed by atoms with E-state index in [0.717, 1.165) is 7.11 Å². The smallest absolute Gasteiger partial charge is 0.344 e. The fraction of sp³-hybridized carbons (Fsp3) is 0.385. The molecular weight excluding hydrogens is 278 g/mol. The Morgan fingerprint density at radius 2 is 2.05 bits per heavy atom. The Morgan fingerprint density at radius 1 is 1.38 bits per heavy atom. The van der Waals surface area contributed by atoms with Crippen LogP contribution in [0.25, 0.3) is 0 Å². The summed E-state index contributed by atoms with van der Waals surface area (Å²) in [6, 6.07) is 3.91. The predicted molar refractivity (Wildman–Crippen MR) is 76.2 cm³/mol. The topological polar surface area (TPSA) is 111 Å². The van der Waals surface area contributed by atoms with Crippen LogP contribution in [-0.4, -0.2) is 36.5 Å². The fourth-order valence-corrected chi connectivity index (χ4v) is 1.63. The fourth-order valence-electron chi connectivity index (χ4n) is 1.63. The van der Waals surface area contributed by atoms with Gasteiger partial charge in [0.2, 0.25) is 5.91 Å². The van der Waals surface area contributed by atoms with E-state index < -0.39 is 10.9 Å². The van der Waals surface area contributed by atoms with Gasteiger partial charge in [-0.05, 0) is 26.0 Å². The minimum Gasteiger partial charge on any atom is -0.465 e. The molecule has 0 saturated carbocycles. The molecular formula is C13H17N3O5. The molecule has 1 rings (SSSR count). The molecule has 0 atom stereocenters. The van der Waals surface area contributed by atoms with Crippen LogP contribution >= 0.6 is 0 Å². The molecule has 8 heteroatoms. The zero-order valence-electron chi connectivity index (χ0n) is 12.0. The first-order valence-corrected chi connectivity index (χ1v) is 6.25. The van der Waals surface area contributed by atoms with Gasteiger partial charge in [-0.15, -0.1) is 0 Å². The highest BCUT2D eigenvalue weighted by molar-refractivity contribution is 5.95. The number of hydrogen-bond acceptors (Lipinski definition) is 6. The molecule has 0 aromatic heterocycles. The summed E-state index contributed by atoms with van der Waals surface area (Å²) in [5.74, 6) is -1.03. The monoisotopic (exact) mass is 295 g/mol. The van der Waals surface area contributed by atoms with Crippen LogP contribution in [0.2, 0.25) is 0 Å². The zero-order chi connectivity index (χ0) is 16.0. The van der Waals surface area contributed by atoms with Crippen LogP contribution in [0.1, 0.15) is 24.2 Å². The number of ether oxygens (including phenoxy) is 1. The van der Waals surface area contributed by atoms with Crippen LogP contribution in [0.5, 0.6) is 0 Å². The highest BCUT2D eigenvalue weighted by atomic mass is 16.6. The van der Waals surface area contributed by atoms with Crippen molar-refractivity contribution in [2.75, 3.05) is 19.0 Å². The molecule has 0 radical (unpaired) electrons. The molecule has 8 nitrogen and oxygen atoms in total. The number of amides is 1. The number of benzene rings is 1. The van der Waals surface area contributed by atoms with Gasteiger partial charge in [0.1, 0.15) is 5.56 Å². The van der Waals surface area contributed by atoms with Crippen molar-refractivity contribution in [3.63, 3.8) is 0 Å². The maximum absolute atomic E-state index is 11.5.